The minimum Gasteiger partial charge on any atom is -0.465 e. The van der Waals surface area contributed by atoms with Crippen LogP contribution in [0.4, 0.5) is 4.79 Å². The van der Waals surface area contributed by atoms with Gasteiger partial charge in [-0.15, -0.1) is 0 Å². The van der Waals surface area contributed by atoms with Crippen LogP contribution in [0.5, 0.6) is 11.5 Å². The van der Waals surface area contributed by atoms with Crippen molar-refractivity contribution in [1.82, 2.24) is 10.2 Å². The number of benzene rings is 1. The Bertz CT molecular complexity index is 671. The lowest BCUT2D eigenvalue weighted by Gasteiger charge is -2.27. The molecule has 1 N–H and O–H groups in total. The van der Waals surface area contributed by atoms with Crippen molar-refractivity contribution in [3.05, 3.63) is 23.8 Å². The summed E-state index contributed by atoms with van der Waals surface area (Å²) in [5.74, 6) is 1.10. The molecule has 1 aliphatic heterocycles. The maximum absolute atomic E-state index is 12.6. The number of hydrogen-bond acceptors (Lipinski definition) is 7. The molecule has 8 nitrogen and oxygen atoms in total. The maximum atomic E-state index is 12.6. The average molecular weight is 394 g/mol. The second-order valence-corrected chi connectivity index (χ2v) is 7.42. The second-order valence-electron chi connectivity index (χ2n) is 7.42. The predicted octanol–water partition coefficient (Wildman–Crippen LogP) is 2.70. The van der Waals surface area contributed by atoms with Crippen LogP contribution in [-0.2, 0) is 20.8 Å². The summed E-state index contributed by atoms with van der Waals surface area (Å²) >= 11 is 0. The third-order valence-corrected chi connectivity index (χ3v) is 3.82. The number of ether oxygens (including phenoxy) is 4. The van der Waals surface area contributed by atoms with E-state index in [1.807, 2.05) is 39.0 Å². The molecule has 0 atom stereocenters. The lowest BCUT2D eigenvalue weighted by Crippen LogP contribution is -2.38. The van der Waals surface area contributed by atoms with E-state index in [1.54, 1.807) is 11.8 Å². The van der Waals surface area contributed by atoms with Gasteiger partial charge in [-0.2, -0.15) is 0 Å². The first-order chi connectivity index (χ1) is 13.3. The number of amides is 1. The van der Waals surface area contributed by atoms with Crippen molar-refractivity contribution in [3.63, 3.8) is 0 Å². The van der Waals surface area contributed by atoms with Crippen LogP contribution in [0.1, 0.15) is 39.7 Å². The standard InChI is InChI=1S/C20H30N2O6/c1-5-25-18(23)12-21-9-6-10-22(19(24)28-20(2,3)4)13-15-7-8-16-17(11-15)27-14-26-16/h7-8,11,21H,5-6,9-10,12-14H2,1-4H3. The number of hydrogen-bond donors (Lipinski definition) is 1. The molecule has 0 aliphatic carbocycles. The van der Waals surface area contributed by atoms with E-state index >= 15 is 0 Å². The predicted molar refractivity (Wildman–Crippen MR) is 103 cm³/mol. The van der Waals surface area contributed by atoms with Gasteiger partial charge in [-0.05, 0) is 58.4 Å². The van der Waals surface area contributed by atoms with Gasteiger partial charge in [-0.1, -0.05) is 6.07 Å². The molecule has 0 bridgehead atoms. The molecule has 0 spiro atoms. The Morgan fingerprint density at radius 1 is 1.21 bits per heavy atom. The monoisotopic (exact) mass is 394 g/mol. The van der Waals surface area contributed by atoms with Crippen molar-refractivity contribution in [2.75, 3.05) is 33.0 Å². The van der Waals surface area contributed by atoms with Crippen molar-refractivity contribution in [1.29, 1.82) is 0 Å². The number of carbonyl (C=O) groups excluding carboxylic acids is 2. The fourth-order valence-electron chi connectivity index (χ4n) is 2.62. The molecule has 28 heavy (non-hydrogen) atoms. The van der Waals surface area contributed by atoms with E-state index in [4.69, 9.17) is 18.9 Å². The van der Waals surface area contributed by atoms with E-state index in [0.717, 1.165) is 5.56 Å². The maximum Gasteiger partial charge on any atom is 0.410 e. The zero-order valence-corrected chi connectivity index (χ0v) is 17.1. The van der Waals surface area contributed by atoms with Gasteiger partial charge in [0.2, 0.25) is 6.79 Å². The third-order valence-electron chi connectivity index (χ3n) is 3.82. The smallest absolute Gasteiger partial charge is 0.410 e. The van der Waals surface area contributed by atoms with Gasteiger partial charge < -0.3 is 29.2 Å². The highest BCUT2D eigenvalue weighted by molar-refractivity contribution is 5.71. The highest BCUT2D eigenvalue weighted by atomic mass is 16.7. The Morgan fingerprint density at radius 2 is 1.96 bits per heavy atom. The summed E-state index contributed by atoms with van der Waals surface area (Å²) in [5, 5.41) is 3.02. The Kier molecular flexibility index (Phi) is 7.92. The van der Waals surface area contributed by atoms with Gasteiger partial charge in [0, 0.05) is 13.1 Å². The third kappa shape index (κ3) is 7.26. The van der Waals surface area contributed by atoms with E-state index in [1.165, 1.54) is 0 Å². The topological polar surface area (TPSA) is 86.3 Å². The van der Waals surface area contributed by atoms with Crippen molar-refractivity contribution >= 4 is 12.1 Å². The molecular formula is C20H30N2O6. The Balaban J connectivity index is 1.91. The van der Waals surface area contributed by atoms with Crippen LogP contribution in [0.2, 0.25) is 0 Å². The molecule has 0 radical (unpaired) electrons. The molecule has 156 valence electrons. The van der Waals surface area contributed by atoms with Gasteiger partial charge in [0.25, 0.3) is 0 Å². The summed E-state index contributed by atoms with van der Waals surface area (Å²) in [6, 6.07) is 5.62. The number of carbonyl (C=O) groups is 2. The number of nitrogens with zero attached hydrogens (tertiary/aromatic N) is 1. The summed E-state index contributed by atoms with van der Waals surface area (Å²) in [4.78, 5) is 25.6. The Hall–Kier alpha value is -2.48. The second kappa shape index (κ2) is 10.2. The van der Waals surface area contributed by atoms with Gasteiger partial charge in [-0.3, -0.25) is 4.79 Å². The van der Waals surface area contributed by atoms with Crippen molar-refractivity contribution in [2.24, 2.45) is 0 Å². The van der Waals surface area contributed by atoms with Crippen LogP contribution in [-0.4, -0.2) is 55.6 Å². The molecule has 1 heterocycles. The fraction of sp³-hybridized carbons (Fsp3) is 0.600. The molecule has 2 rings (SSSR count). The van der Waals surface area contributed by atoms with Crippen LogP contribution < -0.4 is 14.8 Å². The molecule has 1 aromatic rings. The van der Waals surface area contributed by atoms with Crippen LogP contribution >= 0.6 is 0 Å². The molecule has 8 heteroatoms. The molecule has 0 fully saturated rings. The molecule has 1 amide bonds. The largest absolute Gasteiger partial charge is 0.465 e. The van der Waals surface area contributed by atoms with Crippen LogP contribution in [0.25, 0.3) is 0 Å². The van der Waals surface area contributed by atoms with E-state index in [2.05, 4.69) is 5.32 Å². The van der Waals surface area contributed by atoms with Gasteiger partial charge in [0.15, 0.2) is 11.5 Å². The zero-order chi connectivity index (χ0) is 20.6. The minimum atomic E-state index is -0.577. The first kappa shape index (κ1) is 21.8. The molecule has 1 aliphatic rings. The fourth-order valence-corrected chi connectivity index (χ4v) is 2.62. The van der Waals surface area contributed by atoms with Gasteiger partial charge in [-0.25, -0.2) is 4.79 Å². The van der Waals surface area contributed by atoms with Gasteiger partial charge in [0.1, 0.15) is 5.60 Å². The average Bonchev–Trinajstić information content (AvgIpc) is 3.07. The van der Waals surface area contributed by atoms with Crippen LogP contribution in [0.15, 0.2) is 18.2 Å². The summed E-state index contributed by atoms with van der Waals surface area (Å²) in [7, 11) is 0. The summed E-state index contributed by atoms with van der Waals surface area (Å²) in [6.07, 6.45) is 0.291. The van der Waals surface area contributed by atoms with E-state index in [9.17, 15) is 9.59 Å². The Morgan fingerprint density at radius 3 is 2.68 bits per heavy atom. The van der Waals surface area contributed by atoms with E-state index < -0.39 is 5.60 Å². The Labute approximate surface area is 166 Å². The highest BCUT2D eigenvalue weighted by Crippen LogP contribution is 2.32. The quantitative estimate of drug-likeness (QED) is 0.509. The SMILES string of the molecule is CCOC(=O)CNCCCN(Cc1ccc2c(c1)OCO2)C(=O)OC(C)(C)C. The van der Waals surface area contributed by atoms with Gasteiger partial charge >= 0.3 is 12.1 Å². The van der Waals surface area contributed by atoms with Crippen molar-refractivity contribution in [2.45, 2.75) is 46.3 Å². The minimum absolute atomic E-state index is 0.155. The first-order valence-electron chi connectivity index (χ1n) is 9.51. The highest BCUT2D eigenvalue weighted by Gasteiger charge is 2.23. The lowest BCUT2D eigenvalue weighted by atomic mass is 10.2. The molecular weight excluding hydrogens is 364 g/mol. The molecule has 0 unspecified atom stereocenters. The number of fused-ring (bicyclic) bond motifs is 1. The summed E-state index contributed by atoms with van der Waals surface area (Å²) < 4.78 is 21.1. The van der Waals surface area contributed by atoms with Crippen molar-refractivity contribution in [3.8, 4) is 11.5 Å². The zero-order valence-electron chi connectivity index (χ0n) is 17.1. The van der Waals surface area contributed by atoms with Gasteiger partial charge in [0.05, 0.1) is 13.2 Å². The van der Waals surface area contributed by atoms with Crippen molar-refractivity contribution < 1.29 is 28.5 Å². The van der Waals surface area contributed by atoms with E-state index in [-0.39, 0.29) is 25.4 Å². The number of rotatable bonds is 9. The normalized spacial score (nSPS) is 12.6. The molecule has 0 saturated heterocycles. The van der Waals surface area contributed by atoms with Crippen LogP contribution in [0.3, 0.4) is 0 Å². The number of nitrogens with one attached hydrogen (secondary N) is 1. The molecule has 0 saturated carbocycles. The summed E-state index contributed by atoms with van der Waals surface area (Å²) in [6.45, 7) is 9.47. The van der Waals surface area contributed by atoms with Crippen LogP contribution in [0, 0.1) is 0 Å². The van der Waals surface area contributed by atoms with E-state index in [0.29, 0.717) is 44.2 Å². The summed E-state index contributed by atoms with van der Waals surface area (Å²) in [5.41, 5.74) is 0.349. The molecule has 0 aromatic heterocycles. The first-order valence-corrected chi connectivity index (χ1v) is 9.51. The lowest BCUT2D eigenvalue weighted by molar-refractivity contribution is -0.142. The number of esters is 1. The molecule has 1 aromatic carbocycles.